The van der Waals surface area contributed by atoms with E-state index in [-0.39, 0.29) is 12.3 Å². The van der Waals surface area contributed by atoms with Gasteiger partial charge in [-0.3, -0.25) is 14.9 Å². The van der Waals surface area contributed by atoms with E-state index in [4.69, 9.17) is 0 Å². The van der Waals surface area contributed by atoms with E-state index in [1.165, 1.54) is 0 Å². The number of nitrogens with zero attached hydrogens (tertiary/aromatic N) is 4. The van der Waals surface area contributed by atoms with E-state index >= 15 is 0 Å². The molecule has 1 aromatic heterocycles. The number of aromatic nitrogens is 2. The molecule has 4 amide bonds. The monoisotopic (exact) mass is 332 g/mol. The zero-order valence-corrected chi connectivity index (χ0v) is 13.5. The summed E-state index contributed by atoms with van der Waals surface area (Å²) < 4.78 is 0. The first kappa shape index (κ1) is 16.2. The van der Waals surface area contributed by atoms with Gasteiger partial charge in [0, 0.05) is 37.9 Å². The molecule has 0 aromatic carbocycles. The lowest BCUT2D eigenvalue weighted by atomic mass is 10.1. The second-order valence-corrected chi connectivity index (χ2v) is 5.81. The van der Waals surface area contributed by atoms with Crippen LogP contribution in [0.25, 0.3) is 0 Å². The summed E-state index contributed by atoms with van der Waals surface area (Å²) in [6, 6.07) is 0.658. The molecule has 1 atom stereocenters. The number of amides is 4. The molecule has 2 aliphatic heterocycles. The summed E-state index contributed by atoms with van der Waals surface area (Å²) in [5.41, 5.74) is 0.987. The van der Waals surface area contributed by atoms with Crippen LogP contribution in [0, 0.1) is 0 Å². The maximum absolute atomic E-state index is 12.3. The molecule has 9 nitrogen and oxygen atoms in total. The Morgan fingerprint density at radius 1 is 1.25 bits per heavy atom. The Kier molecular flexibility index (Phi) is 4.59. The molecular formula is C15H20N6O3. The van der Waals surface area contributed by atoms with E-state index < -0.39 is 18.0 Å². The molecule has 0 saturated carbocycles. The summed E-state index contributed by atoms with van der Waals surface area (Å²) in [4.78, 5) is 47.2. The smallest absolute Gasteiger partial charge is 0.322 e. The Morgan fingerprint density at radius 2 is 2.00 bits per heavy atom. The number of nitrogens with one attached hydrogen (secondary N) is 2. The van der Waals surface area contributed by atoms with E-state index in [9.17, 15) is 14.4 Å². The summed E-state index contributed by atoms with van der Waals surface area (Å²) in [6.07, 6.45) is 2.40. The zero-order chi connectivity index (χ0) is 17.1. The molecule has 2 fully saturated rings. The molecule has 3 rings (SSSR count). The van der Waals surface area contributed by atoms with Gasteiger partial charge in [-0.2, -0.15) is 0 Å². The zero-order valence-electron chi connectivity index (χ0n) is 13.5. The number of imide groups is 1. The van der Waals surface area contributed by atoms with E-state index in [1.807, 2.05) is 13.0 Å². The molecule has 3 heterocycles. The van der Waals surface area contributed by atoms with Gasteiger partial charge in [-0.25, -0.2) is 14.8 Å². The summed E-state index contributed by atoms with van der Waals surface area (Å²) in [7, 11) is 0. The van der Waals surface area contributed by atoms with Crippen LogP contribution >= 0.6 is 0 Å². The van der Waals surface area contributed by atoms with E-state index in [1.54, 1.807) is 11.2 Å². The van der Waals surface area contributed by atoms with Crippen molar-refractivity contribution < 1.29 is 14.4 Å². The first-order valence-electron chi connectivity index (χ1n) is 8.02. The molecule has 2 saturated heterocycles. The maximum Gasteiger partial charge on any atom is 0.322 e. The van der Waals surface area contributed by atoms with Crippen molar-refractivity contribution in [2.45, 2.75) is 25.8 Å². The third kappa shape index (κ3) is 3.44. The number of aryl methyl sites for hydroxylation is 1. The van der Waals surface area contributed by atoms with Crippen molar-refractivity contribution in [1.29, 1.82) is 0 Å². The van der Waals surface area contributed by atoms with E-state index in [2.05, 4.69) is 25.5 Å². The second kappa shape index (κ2) is 6.81. The van der Waals surface area contributed by atoms with Gasteiger partial charge in [0.25, 0.3) is 5.91 Å². The Balaban J connectivity index is 1.53. The quantitative estimate of drug-likeness (QED) is 0.705. The first-order valence-corrected chi connectivity index (χ1v) is 8.02. The fraction of sp³-hybridized carbons (Fsp3) is 0.533. The van der Waals surface area contributed by atoms with Crippen molar-refractivity contribution in [2.24, 2.45) is 0 Å². The minimum atomic E-state index is -0.767. The topological polar surface area (TPSA) is 108 Å². The van der Waals surface area contributed by atoms with Crippen molar-refractivity contribution >= 4 is 23.7 Å². The van der Waals surface area contributed by atoms with Gasteiger partial charge in [0.15, 0.2) is 0 Å². The van der Waals surface area contributed by atoms with Gasteiger partial charge in [-0.1, -0.05) is 6.92 Å². The molecular weight excluding hydrogens is 312 g/mol. The van der Waals surface area contributed by atoms with Crippen LogP contribution in [-0.4, -0.2) is 64.9 Å². The highest BCUT2D eigenvalue weighted by Crippen LogP contribution is 2.15. The Hall–Kier alpha value is -2.71. The number of hydrogen-bond donors (Lipinski definition) is 2. The Labute approximate surface area is 139 Å². The molecule has 2 N–H and O–H groups in total. The maximum atomic E-state index is 12.3. The van der Waals surface area contributed by atoms with Gasteiger partial charge >= 0.3 is 6.03 Å². The van der Waals surface area contributed by atoms with Gasteiger partial charge in [0.05, 0.1) is 6.42 Å². The molecule has 128 valence electrons. The lowest BCUT2D eigenvalue weighted by Gasteiger charge is -2.35. The standard InChI is InChI=1S/C15H20N6O3/c1-2-10-7-12(17-9-16-10)20-3-5-21(6-4-20)13(22)8-11-14(23)19-15(24)18-11/h7,9,11H,2-6,8H2,1H3,(H2,18,19,23,24)/t11-/m0/s1. The average molecular weight is 332 g/mol. The summed E-state index contributed by atoms with van der Waals surface area (Å²) >= 11 is 0. The fourth-order valence-corrected chi connectivity index (χ4v) is 2.84. The minimum Gasteiger partial charge on any atom is -0.353 e. The highest BCUT2D eigenvalue weighted by Gasteiger charge is 2.33. The number of carbonyl (C=O) groups excluding carboxylic acids is 3. The van der Waals surface area contributed by atoms with Crippen molar-refractivity contribution in [1.82, 2.24) is 25.5 Å². The largest absolute Gasteiger partial charge is 0.353 e. The van der Waals surface area contributed by atoms with Gasteiger partial charge in [-0.05, 0) is 6.42 Å². The molecule has 0 radical (unpaired) electrons. The Bertz CT molecular complexity index is 656. The molecule has 2 aliphatic rings. The van der Waals surface area contributed by atoms with Crippen molar-refractivity contribution in [3.63, 3.8) is 0 Å². The van der Waals surface area contributed by atoms with Crippen LogP contribution in [0.15, 0.2) is 12.4 Å². The second-order valence-electron chi connectivity index (χ2n) is 5.81. The van der Waals surface area contributed by atoms with Gasteiger partial charge in [0.1, 0.15) is 18.2 Å². The average Bonchev–Trinajstić information content (AvgIpc) is 2.92. The lowest BCUT2D eigenvalue weighted by molar-refractivity contribution is -0.134. The number of anilines is 1. The predicted octanol–water partition coefficient (Wildman–Crippen LogP) is -0.714. The highest BCUT2D eigenvalue weighted by atomic mass is 16.2. The molecule has 9 heteroatoms. The summed E-state index contributed by atoms with van der Waals surface area (Å²) in [5.74, 6) is 0.297. The van der Waals surface area contributed by atoms with Crippen LogP contribution in [0.4, 0.5) is 10.6 Å². The highest BCUT2D eigenvalue weighted by molar-refractivity contribution is 6.05. The van der Waals surface area contributed by atoms with E-state index in [0.717, 1.165) is 17.9 Å². The number of carbonyl (C=O) groups is 3. The van der Waals surface area contributed by atoms with Gasteiger partial charge in [0.2, 0.25) is 5.91 Å². The molecule has 1 aromatic rings. The van der Waals surface area contributed by atoms with Crippen LogP contribution in [0.2, 0.25) is 0 Å². The SMILES string of the molecule is CCc1cc(N2CCN(C(=O)C[C@@H]3NC(=O)NC3=O)CC2)ncn1. The third-order valence-corrected chi connectivity index (χ3v) is 4.27. The molecule has 0 unspecified atom stereocenters. The normalized spacial score (nSPS) is 20.8. The molecule has 0 bridgehead atoms. The van der Waals surface area contributed by atoms with Crippen LogP contribution in [0.3, 0.4) is 0 Å². The van der Waals surface area contributed by atoms with Crippen molar-refractivity contribution in [2.75, 3.05) is 31.1 Å². The van der Waals surface area contributed by atoms with E-state index in [0.29, 0.717) is 26.2 Å². The van der Waals surface area contributed by atoms with Crippen LogP contribution in [-0.2, 0) is 16.0 Å². The first-order chi connectivity index (χ1) is 11.6. The third-order valence-electron chi connectivity index (χ3n) is 4.27. The lowest BCUT2D eigenvalue weighted by Crippen LogP contribution is -2.50. The number of hydrogen-bond acceptors (Lipinski definition) is 6. The predicted molar refractivity (Wildman–Crippen MR) is 85.3 cm³/mol. The van der Waals surface area contributed by atoms with Crippen LogP contribution in [0.1, 0.15) is 19.0 Å². The summed E-state index contributed by atoms with van der Waals surface area (Å²) in [6.45, 7) is 4.52. The van der Waals surface area contributed by atoms with Crippen LogP contribution in [0.5, 0.6) is 0 Å². The minimum absolute atomic E-state index is 0.00887. The number of piperazine rings is 1. The van der Waals surface area contributed by atoms with Crippen molar-refractivity contribution in [3.05, 3.63) is 18.1 Å². The van der Waals surface area contributed by atoms with Gasteiger partial charge in [-0.15, -0.1) is 0 Å². The molecule has 0 aliphatic carbocycles. The molecule has 0 spiro atoms. The van der Waals surface area contributed by atoms with Gasteiger partial charge < -0.3 is 15.1 Å². The van der Waals surface area contributed by atoms with Crippen molar-refractivity contribution in [3.8, 4) is 0 Å². The number of rotatable bonds is 4. The fourth-order valence-electron chi connectivity index (χ4n) is 2.84. The summed E-state index contributed by atoms with van der Waals surface area (Å²) in [5, 5.41) is 4.58. The number of urea groups is 1. The molecule has 24 heavy (non-hydrogen) atoms. The Morgan fingerprint density at radius 3 is 2.62 bits per heavy atom. The van der Waals surface area contributed by atoms with Crippen LogP contribution < -0.4 is 15.5 Å².